The van der Waals surface area contributed by atoms with Crippen LogP contribution in [0.25, 0.3) is 10.8 Å². The molecule has 6 nitrogen and oxygen atoms in total. The maximum Gasteiger partial charge on any atom is 0.230 e. The quantitative estimate of drug-likeness (QED) is 0.480. The molecular formula is C25H32N4O2S. The van der Waals surface area contributed by atoms with Gasteiger partial charge in [-0.3, -0.25) is 4.79 Å². The topological polar surface area (TPSA) is 69.0 Å². The molecule has 7 heteroatoms. The molecule has 2 atom stereocenters. The highest BCUT2D eigenvalue weighted by Crippen LogP contribution is 2.28. The molecule has 0 saturated heterocycles. The second kappa shape index (κ2) is 10.4. The molecule has 4 rings (SSSR count). The normalized spacial score (nSPS) is 18.6. The lowest BCUT2D eigenvalue weighted by Gasteiger charge is -2.29. The van der Waals surface area contributed by atoms with Crippen molar-refractivity contribution < 1.29 is 9.53 Å². The number of aromatic nitrogens is 3. The van der Waals surface area contributed by atoms with Crippen molar-refractivity contribution in [1.29, 1.82) is 0 Å². The smallest absolute Gasteiger partial charge is 0.230 e. The van der Waals surface area contributed by atoms with Crippen molar-refractivity contribution in [2.45, 2.75) is 70.8 Å². The van der Waals surface area contributed by atoms with Gasteiger partial charge in [0.05, 0.1) is 5.75 Å². The predicted molar refractivity (Wildman–Crippen MR) is 129 cm³/mol. The average molecular weight is 453 g/mol. The molecule has 1 saturated carbocycles. The first-order chi connectivity index (χ1) is 15.6. The fourth-order valence-corrected chi connectivity index (χ4v) is 5.30. The van der Waals surface area contributed by atoms with Crippen molar-refractivity contribution in [3.05, 3.63) is 47.8 Å². The Kier molecular flexibility index (Phi) is 7.35. The van der Waals surface area contributed by atoms with Crippen LogP contribution in [0, 0.1) is 12.8 Å². The molecule has 1 heterocycles. The summed E-state index contributed by atoms with van der Waals surface area (Å²) in [7, 11) is 0. The third-order valence-electron chi connectivity index (χ3n) is 6.41. The first-order valence-electron chi connectivity index (χ1n) is 11.5. The van der Waals surface area contributed by atoms with E-state index in [9.17, 15) is 4.79 Å². The molecule has 1 aromatic heterocycles. The second-order valence-corrected chi connectivity index (χ2v) is 9.51. The van der Waals surface area contributed by atoms with Gasteiger partial charge in [0.2, 0.25) is 5.91 Å². The van der Waals surface area contributed by atoms with Gasteiger partial charge >= 0.3 is 0 Å². The Balaban J connectivity index is 1.37. The number of carbonyl (C=O) groups excluding carboxylic acids is 1. The maximum atomic E-state index is 12.5. The number of thioether (sulfide) groups is 1. The average Bonchev–Trinajstić information content (AvgIpc) is 3.21. The molecule has 3 aromatic rings. The van der Waals surface area contributed by atoms with E-state index in [1.165, 1.54) is 41.8 Å². The van der Waals surface area contributed by atoms with Gasteiger partial charge in [-0.05, 0) is 55.0 Å². The molecule has 1 aliphatic rings. The number of aryl methyl sites for hydroxylation is 1. The maximum absolute atomic E-state index is 12.5. The van der Waals surface area contributed by atoms with E-state index in [2.05, 4.69) is 54.5 Å². The van der Waals surface area contributed by atoms with E-state index >= 15 is 0 Å². The van der Waals surface area contributed by atoms with Crippen molar-refractivity contribution in [2.24, 2.45) is 5.92 Å². The van der Waals surface area contributed by atoms with Crippen LogP contribution in [0.2, 0.25) is 0 Å². The summed E-state index contributed by atoms with van der Waals surface area (Å²) >= 11 is 1.44. The van der Waals surface area contributed by atoms with Crippen molar-refractivity contribution in [3.63, 3.8) is 0 Å². The zero-order chi connectivity index (χ0) is 22.5. The molecule has 0 aliphatic heterocycles. The minimum atomic E-state index is 0.0731. The fourth-order valence-electron chi connectivity index (χ4n) is 4.47. The van der Waals surface area contributed by atoms with Crippen LogP contribution in [0.15, 0.2) is 41.6 Å². The molecule has 1 N–H and O–H groups in total. The third-order valence-corrected chi connectivity index (χ3v) is 7.37. The van der Waals surface area contributed by atoms with E-state index < -0.39 is 0 Å². The Morgan fingerprint density at radius 3 is 2.81 bits per heavy atom. The number of carbonyl (C=O) groups is 1. The number of amides is 1. The van der Waals surface area contributed by atoms with Crippen LogP contribution in [0.1, 0.15) is 50.9 Å². The molecular weight excluding hydrogens is 420 g/mol. The number of benzene rings is 2. The molecule has 1 amide bonds. The van der Waals surface area contributed by atoms with Gasteiger partial charge in [0, 0.05) is 12.6 Å². The van der Waals surface area contributed by atoms with Crippen molar-refractivity contribution in [1.82, 2.24) is 20.1 Å². The molecule has 0 unspecified atom stereocenters. The fraction of sp³-hybridized carbons (Fsp3) is 0.480. The summed E-state index contributed by atoms with van der Waals surface area (Å²) in [5.41, 5.74) is 1.12. The van der Waals surface area contributed by atoms with E-state index in [1.807, 2.05) is 22.8 Å². The van der Waals surface area contributed by atoms with Crippen LogP contribution in [0.3, 0.4) is 0 Å². The van der Waals surface area contributed by atoms with E-state index in [1.54, 1.807) is 0 Å². The Labute approximate surface area is 194 Å². The van der Waals surface area contributed by atoms with Gasteiger partial charge in [-0.15, -0.1) is 10.2 Å². The zero-order valence-electron chi connectivity index (χ0n) is 19.1. The monoisotopic (exact) mass is 452 g/mol. The van der Waals surface area contributed by atoms with Gasteiger partial charge in [0.15, 0.2) is 11.0 Å². The summed E-state index contributed by atoms with van der Waals surface area (Å²) in [6, 6.07) is 12.7. The van der Waals surface area contributed by atoms with Crippen molar-refractivity contribution in [3.8, 4) is 5.75 Å². The standard InChI is InChI=1S/C25H32N4O2S/c1-4-29-23(15-31-22-14-13-19-10-6-7-11-20(19)18(22)3)27-28-25(29)32-16-24(30)26-21-12-8-5-9-17(21)2/h6-7,10-11,13-14,17,21H,4-5,8-9,12,15-16H2,1-3H3,(H,26,30)/t17-,21+/m1/s1. The Morgan fingerprint density at radius 2 is 2.00 bits per heavy atom. The third kappa shape index (κ3) is 5.09. The van der Waals surface area contributed by atoms with Gasteiger partial charge in [-0.25, -0.2) is 0 Å². The molecule has 0 spiro atoms. The summed E-state index contributed by atoms with van der Waals surface area (Å²) in [4.78, 5) is 12.5. The Bertz CT molecular complexity index is 1080. The van der Waals surface area contributed by atoms with E-state index in [4.69, 9.17) is 4.74 Å². The van der Waals surface area contributed by atoms with Gasteiger partial charge in [-0.2, -0.15) is 0 Å². The number of fused-ring (bicyclic) bond motifs is 1. The number of ether oxygens (including phenoxy) is 1. The first kappa shape index (κ1) is 22.6. The van der Waals surface area contributed by atoms with Crippen LogP contribution >= 0.6 is 11.8 Å². The summed E-state index contributed by atoms with van der Waals surface area (Å²) in [5, 5.41) is 15.0. The molecule has 0 radical (unpaired) electrons. The first-order valence-corrected chi connectivity index (χ1v) is 12.5. The highest BCUT2D eigenvalue weighted by atomic mass is 32.2. The van der Waals surface area contributed by atoms with Gasteiger partial charge in [-0.1, -0.05) is 61.9 Å². The van der Waals surface area contributed by atoms with E-state index in [0.717, 1.165) is 35.3 Å². The summed E-state index contributed by atoms with van der Waals surface area (Å²) in [6.45, 7) is 7.43. The molecule has 1 aliphatic carbocycles. The highest BCUT2D eigenvalue weighted by Gasteiger charge is 2.23. The lowest BCUT2D eigenvalue weighted by atomic mass is 9.86. The lowest BCUT2D eigenvalue weighted by Crippen LogP contribution is -2.41. The van der Waals surface area contributed by atoms with Crippen LogP contribution < -0.4 is 10.1 Å². The van der Waals surface area contributed by atoms with Crippen molar-refractivity contribution >= 4 is 28.4 Å². The Morgan fingerprint density at radius 1 is 1.19 bits per heavy atom. The molecule has 1 fully saturated rings. The zero-order valence-corrected chi connectivity index (χ0v) is 20.0. The SMILES string of the molecule is CCn1c(COc2ccc3ccccc3c2C)nnc1SCC(=O)N[C@H]1CCCC[C@H]1C. The van der Waals surface area contributed by atoms with Gasteiger partial charge in [0.25, 0.3) is 0 Å². The molecule has 170 valence electrons. The summed E-state index contributed by atoms with van der Waals surface area (Å²) < 4.78 is 8.14. The number of nitrogens with one attached hydrogen (secondary N) is 1. The molecule has 0 bridgehead atoms. The van der Waals surface area contributed by atoms with E-state index in [-0.39, 0.29) is 5.91 Å². The van der Waals surface area contributed by atoms with Crippen LogP contribution in [-0.4, -0.2) is 32.5 Å². The van der Waals surface area contributed by atoms with Crippen LogP contribution in [0.5, 0.6) is 5.75 Å². The number of rotatable bonds is 8. The number of hydrogen-bond acceptors (Lipinski definition) is 5. The molecule has 2 aromatic carbocycles. The van der Waals surface area contributed by atoms with Gasteiger partial charge < -0.3 is 14.6 Å². The highest BCUT2D eigenvalue weighted by molar-refractivity contribution is 7.99. The lowest BCUT2D eigenvalue weighted by molar-refractivity contribution is -0.119. The minimum absolute atomic E-state index is 0.0731. The molecule has 32 heavy (non-hydrogen) atoms. The second-order valence-electron chi connectivity index (χ2n) is 8.57. The van der Waals surface area contributed by atoms with E-state index in [0.29, 0.717) is 24.3 Å². The minimum Gasteiger partial charge on any atom is -0.485 e. The van der Waals surface area contributed by atoms with Crippen molar-refractivity contribution in [2.75, 3.05) is 5.75 Å². The van der Waals surface area contributed by atoms with Crippen LogP contribution in [-0.2, 0) is 17.9 Å². The summed E-state index contributed by atoms with van der Waals surface area (Å²) in [6.07, 6.45) is 4.75. The number of hydrogen-bond donors (Lipinski definition) is 1. The van der Waals surface area contributed by atoms with Crippen LogP contribution in [0.4, 0.5) is 0 Å². The summed E-state index contributed by atoms with van der Waals surface area (Å²) in [5.74, 6) is 2.60. The number of nitrogens with zero attached hydrogens (tertiary/aromatic N) is 3. The largest absolute Gasteiger partial charge is 0.485 e. The predicted octanol–water partition coefficient (Wildman–Crippen LogP) is 5.13. The Hall–Kier alpha value is -2.54. The van der Waals surface area contributed by atoms with Gasteiger partial charge in [0.1, 0.15) is 12.4 Å².